The molecule has 0 radical (unpaired) electrons. The number of nitrogens with one attached hydrogen (secondary N) is 1. The van der Waals surface area contributed by atoms with Crippen LogP contribution in [0.15, 0.2) is 72.8 Å². The molecule has 0 spiro atoms. The van der Waals surface area contributed by atoms with Crippen molar-refractivity contribution >= 4 is 12.2 Å². The zero-order valence-electron chi connectivity index (χ0n) is 17.6. The normalized spacial score (nSPS) is 13.1. The molecule has 4 nitrogen and oxygen atoms in total. The standard InChI is InChI=1S/C26H22F3NO3/c27-26(28,29)18-13-12-17(24(31)15-18)7-5-6-14-30-25(32)33-16-23-21-10-3-1-8-19(21)20-9-2-4-11-22(20)23/h1-5,7-13,15,23,31H,6,14,16H2,(H,30,32). The Labute approximate surface area is 189 Å². The van der Waals surface area contributed by atoms with E-state index in [-0.39, 0.29) is 24.6 Å². The number of phenolic OH excluding ortho intramolecular Hbond substituents is 1. The second-order valence-electron chi connectivity index (χ2n) is 7.71. The van der Waals surface area contributed by atoms with Gasteiger partial charge < -0.3 is 15.2 Å². The average Bonchev–Trinajstić information content (AvgIpc) is 3.11. The molecular formula is C26H22F3NO3. The van der Waals surface area contributed by atoms with Crippen molar-refractivity contribution in [2.24, 2.45) is 0 Å². The van der Waals surface area contributed by atoms with Crippen LogP contribution in [-0.2, 0) is 10.9 Å². The molecule has 3 aromatic rings. The number of hydrogen-bond donors (Lipinski definition) is 2. The maximum atomic E-state index is 12.7. The second kappa shape index (κ2) is 9.40. The lowest BCUT2D eigenvalue weighted by Gasteiger charge is -2.14. The van der Waals surface area contributed by atoms with Gasteiger partial charge in [0.15, 0.2) is 0 Å². The number of benzene rings is 3. The Bertz CT molecular complexity index is 1140. The summed E-state index contributed by atoms with van der Waals surface area (Å²) in [7, 11) is 0. The van der Waals surface area contributed by atoms with E-state index in [1.54, 1.807) is 6.08 Å². The number of hydrogen-bond acceptors (Lipinski definition) is 3. The Balaban J connectivity index is 1.26. The van der Waals surface area contributed by atoms with Gasteiger partial charge in [0.05, 0.1) is 5.56 Å². The summed E-state index contributed by atoms with van der Waals surface area (Å²) in [6.07, 6.45) is -1.46. The number of carbonyl (C=O) groups excluding carboxylic acids is 1. The molecule has 2 N–H and O–H groups in total. The summed E-state index contributed by atoms with van der Waals surface area (Å²) in [6.45, 7) is 0.504. The first-order chi connectivity index (χ1) is 15.8. The van der Waals surface area contributed by atoms with Gasteiger partial charge in [0.1, 0.15) is 12.4 Å². The minimum absolute atomic E-state index is 0.0225. The zero-order valence-corrected chi connectivity index (χ0v) is 17.6. The smallest absolute Gasteiger partial charge is 0.416 e. The fourth-order valence-electron chi connectivity index (χ4n) is 3.98. The lowest BCUT2D eigenvalue weighted by Crippen LogP contribution is -2.26. The van der Waals surface area contributed by atoms with E-state index < -0.39 is 23.6 Å². The van der Waals surface area contributed by atoms with Gasteiger partial charge in [-0.2, -0.15) is 13.2 Å². The molecule has 1 aliphatic carbocycles. The zero-order chi connectivity index (χ0) is 23.4. The number of alkyl carbamates (subject to hydrolysis) is 1. The Hall–Kier alpha value is -3.74. The number of rotatable bonds is 6. The SMILES string of the molecule is O=C(NCCC=Cc1ccc(C(F)(F)F)cc1O)OCC1c2ccccc2-c2ccccc21. The number of amides is 1. The molecule has 4 rings (SSSR count). The summed E-state index contributed by atoms with van der Waals surface area (Å²) in [4.78, 5) is 12.1. The fourth-order valence-corrected chi connectivity index (χ4v) is 3.98. The van der Waals surface area contributed by atoms with Gasteiger partial charge in [-0.15, -0.1) is 0 Å². The van der Waals surface area contributed by atoms with Crippen LogP contribution in [0.25, 0.3) is 17.2 Å². The maximum absolute atomic E-state index is 12.7. The second-order valence-corrected chi connectivity index (χ2v) is 7.71. The van der Waals surface area contributed by atoms with Gasteiger partial charge in [-0.1, -0.05) is 66.7 Å². The fraction of sp³-hybridized carbons (Fsp3) is 0.192. The number of aromatic hydroxyl groups is 1. The number of carbonyl (C=O) groups is 1. The summed E-state index contributed by atoms with van der Waals surface area (Å²) in [5.74, 6) is -0.476. The molecule has 0 aromatic heterocycles. The van der Waals surface area contributed by atoms with Gasteiger partial charge in [0.2, 0.25) is 0 Å². The van der Waals surface area contributed by atoms with Crippen LogP contribution in [-0.4, -0.2) is 24.4 Å². The van der Waals surface area contributed by atoms with Crippen molar-refractivity contribution < 1.29 is 27.8 Å². The van der Waals surface area contributed by atoms with Gasteiger partial charge in [-0.05, 0) is 40.8 Å². The minimum Gasteiger partial charge on any atom is -0.507 e. The van der Waals surface area contributed by atoms with Crippen molar-refractivity contribution in [2.45, 2.75) is 18.5 Å². The van der Waals surface area contributed by atoms with Crippen LogP contribution in [0.2, 0.25) is 0 Å². The molecule has 0 fully saturated rings. The first-order valence-corrected chi connectivity index (χ1v) is 10.5. The summed E-state index contributed by atoms with van der Waals surface area (Å²) in [6, 6.07) is 18.9. The van der Waals surface area contributed by atoms with E-state index in [1.807, 2.05) is 36.4 Å². The maximum Gasteiger partial charge on any atom is 0.416 e. The van der Waals surface area contributed by atoms with Crippen LogP contribution >= 0.6 is 0 Å². The van der Waals surface area contributed by atoms with Crippen molar-refractivity contribution in [3.05, 3.63) is 95.1 Å². The van der Waals surface area contributed by atoms with Gasteiger partial charge in [-0.25, -0.2) is 4.79 Å². The summed E-state index contributed by atoms with van der Waals surface area (Å²) >= 11 is 0. The quantitative estimate of drug-likeness (QED) is 0.428. The van der Waals surface area contributed by atoms with Crippen molar-refractivity contribution in [3.8, 4) is 16.9 Å². The van der Waals surface area contributed by atoms with E-state index in [2.05, 4.69) is 17.4 Å². The van der Waals surface area contributed by atoms with Crippen molar-refractivity contribution in [3.63, 3.8) is 0 Å². The molecule has 0 bridgehead atoms. The number of ether oxygens (including phenoxy) is 1. The van der Waals surface area contributed by atoms with Crippen LogP contribution in [0, 0.1) is 0 Å². The lowest BCUT2D eigenvalue weighted by molar-refractivity contribution is -0.137. The summed E-state index contributed by atoms with van der Waals surface area (Å²) < 4.78 is 43.4. The molecule has 1 aliphatic rings. The molecule has 0 saturated heterocycles. The summed E-state index contributed by atoms with van der Waals surface area (Å²) in [5.41, 5.74) is 3.92. The van der Waals surface area contributed by atoms with E-state index in [4.69, 9.17) is 4.74 Å². The van der Waals surface area contributed by atoms with Crippen molar-refractivity contribution in [2.75, 3.05) is 13.2 Å². The van der Waals surface area contributed by atoms with Crippen molar-refractivity contribution in [1.29, 1.82) is 0 Å². The molecule has 33 heavy (non-hydrogen) atoms. The highest BCUT2D eigenvalue weighted by atomic mass is 19.4. The Kier molecular flexibility index (Phi) is 6.40. The topological polar surface area (TPSA) is 58.6 Å². The van der Waals surface area contributed by atoms with Crippen LogP contribution in [0.1, 0.15) is 34.6 Å². The molecule has 0 atom stereocenters. The Morgan fingerprint density at radius 3 is 2.24 bits per heavy atom. The third-order valence-corrected chi connectivity index (χ3v) is 5.58. The van der Waals surface area contributed by atoms with Crippen molar-refractivity contribution in [1.82, 2.24) is 5.32 Å². The van der Waals surface area contributed by atoms with E-state index in [1.165, 1.54) is 12.1 Å². The number of alkyl halides is 3. The molecule has 3 aromatic carbocycles. The first kappa shape index (κ1) is 22.5. The van der Waals surface area contributed by atoms with Gasteiger partial charge in [0, 0.05) is 18.0 Å². The number of halogens is 3. The van der Waals surface area contributed by atoms with Gasteiger partial charge in [-0.3, -0.25) is 0 Å². The predicted molar refractivity (Wildman–Crippen MR) is 120 cm³/mol. The monoisotopic (exact) mass is 453 g/mol. The molecule has 0 unspecified atom stereocenters. The summed E-state index contributed by atoms with van der Waals surface area (Å²) in [5, 5.41) is 12.4. The molecule has 0 aliphatic heterocycles. The average molecular weight is 453 g/mol. The molecule has 170 valence electrons. The minimum atomic E-state index is -4.51. The van der Waals surface area contributed by atoms with E-state index in [0.717, 1.165) is 28.3 Å². The highest BCUT2D eigenvalue weighted by molar-refractivity contribution is 5.79. The molecule has 1 amide bonds. The Morgan fingerprint density at radius 1 is 1.00 bits per heavy atom. The van der Waals surface area contributed by atoms with E-state index in [9.17, 15) is 23.1 Å². The third kappa shape index (κ3) is 5.03. The molecule has 0 saturated carbocycles. The predicted octanol–water partition coefficient (Wildman–Crippen LogP) is 6.35. The molecule has 0 heterocycles. The van der Waals surface area contributed by atoms with Gasteiger partial charge in [0.25, 0.3) is 0 Å². The number of fused-ring (bicyclic) bond motifs is 3. The van der Waals surface area contributed by atoms with Gasteiger partial charge >= 0.3 is 12.3 Å². The van der Waals surface area contributed by atoms with Crippen LogP contribution in [0.4, 0.5) is 18.0 Å². The number of phenols is 1. The van der Waals surface area contributed by atoms with Crippen LogP contribution < -0.4 is 5.32 Å². The molecular weight excluding hydrogens is 431 g/mol. The van der Waals surface area contributed by atoms with Crippen LogP contribution in [0.3, 0.4) is 0 Å². The first-order valence-electron chi connectivity index (χ1n) is 10.5. The van der Waals surface area contributed by atoms with Crippen LogP contribution in [0.5, 0.6) is 5.75 Å². The third-order valence-electron chi connectivity index (χ3n) is 5.58. The molecule has 7 heteroatoms. The lowest BCUT2D eigenvalue weighted by atomic mass is 9.98. The Morgan fingerprint density at radius 2 is 1.64 bits per heavy atom. The van der Waals surface area contributed by atoms with E-state index in [0.29, 0.717) is 12.5 Å². The highest BCUT2D eigenvalue weighted by Gasteiger charge is 2.31. The largest absolute Gasteiger partial charge is 0.507 e. The van der Waals surface area contributed by atoms with E-state index >= 15 is 0 Å². The highest BCUT2D eigenvalue weighted by Crippen LogP contribution is 2.44.